The molecule has 0 amide bonds. The number of rotatable bonds is 1. The normalized spacial score (nSPS) is 11.2. The van der Waals surface area contributed by atoms with Crippen molar-refractivity contribution in [3.8, 4) is 11.1 Å². The second kappa shape index (κ2) is 4.34. The fourth-order valence-corrected chi connectivity index (χ4v) is 4.09. The van der Waals surface area contributed by atoms with E-state index in [-0.39, 0.29) is 0 Å². The molecular formula is C17H11NSe. The number of fused-ring (bicyclic) bond motifs is 3. The second-order valence-corrected chi connectivity index (χ2v) is 6.39. The molecule has 0 aliphatic heterocycles. The Kier molecular flexibility index (Phi) is 2.51. The Balaban J connectivity index is 2.19. The van der Waals surface area contributed by atoms with Gasteiger partial charge in [0, 0.05) is 0 Å². The van der Waals surface area contributed by atoms with Crippen LogP contribution >= 0.6 is 0 Å². The van der Waals surface area contributed by atoms with Gasteiger partial charge >= 0.3 is 117 Å². The first kappa shape index (κ1) is 11.0. The molecule has 0 saturated carbocycles. The van der Waals surface area contributed by atoms with E-state index >= 15 is 0 Å². The van der Waals surface area contributed by atoms with Gasteiger partial charge in [0.2, 0.25) is 0 Å². The van der Waals surface area contributed by atoms with Crippen molar-refractivity contribution < 1.29 is 0 Å². The first-order chi connectivity index (χ1) is 9.43. The van der Waals surface area contributed by atoms with E-state index in [1.165, 1.54) is 31.7 Å². The molecule has 1 heterocycles. The third-order valence-corrected chi connectivity index (χ3v) is 5.06. The van der Waals surface area contributed by atoms with Crippen LogP contribution in [0.4, 0.5) is 0 Å². The Morgan fingerprint density at radius 2 is 1.53 bits per heavy atom. The molecule has 4 rings (SSSR count). The fraction of sp³-hybridized carbons (Fsp3) is 0. The summed E-state index contributed by atoms with van der Waals surface area (Å²) in [7, 11) is 0. The Bertz CT molecular complexity index is 862. The van der Waals surface area contributed by atoms with Crippen LogP contribution in [0.25, 0.3) is 31.7 Å². The molecule has 0 fully saturated rings. The van der Waals surface area contributed by atoms with Crippen molar-refractivity contribution in [3.05, 3.63) is 65.7 Å². The predicted octanol–water partition coefficient (Wildman–Crippen LogP) is 4.11. The number of aromatic nitrogens is 1. The fourth-order valence-electron chi connectivity index (χ4n) is 2.55. The molecule has 0 unspecified atom stereocenters. The molecule has 0 N–H and O–H groups in total. The van der Waals surface area contributed by atoms with Gasteiger partial charge in [0.25, 0.3) is 0 Å². The van der Waals surface area contributed by atoms with Gasteiger partial charge in [0.15, 0.2) is 0 Å². The van der Waals surface area contributed by atoms with Crippen molar-refractivity contribution in [2.45, 2.75) is 0 Å². The average molecular weight is 308 g/mol. The Labute approximate surface area is 117 Å². The summed E-state index contributed by atoms with van der Waals surface area (Å²) >= 11 is 0.378. The third kappa shape index (κ3) is 1.73. The maximum atomic E-state index is 4.56. The van der Waals surface area contributed by atoms with Crippen LogP contribution in [0.1, 0.15) is 0 Å². The van der Waals surface area contributed by atoms with Gasteiger partial charge in [0.1, 0.15) is 0 Å². The van der Waals surface area contributed by atoms with Crippen molar-refractivity contribution >= 4 is 35.1 Å². The van der Waals surface area contributed by atoms with Gasteiger partial charge in [-0.3, -0.25) is 0 Å². The number of hydrogen-bond donors (Lipinski definition) is 0. The molecule has 0 bridgehead atoms. The maximum absolute atomic E-state index is 4.56. The van der Waals surface area contributed by atoms with Gasteiger partial charge in [0.05, 0.1) is 0 Å². The monoisotopic (exact) mass is 309 g/mol. The van der Waals surface area contributed by atoms with Crippen molar-refractivity contribution in [3.63, 3.8) is 0 Å². The molecule has 0 radical (unpaired) electrons. The van der Waals surface area contributed by atoms with E-state index in [1.54, 1.807) is 0 Å². The first-order valence-electron chi connectivity index (χ1n) is 6.24. The van der Waals surface area contributed by atoms with E-state index in [9.17, 15) is 0 Å². The van der Waals surface area contributed by atoms with Crippen LogP contribution in [0.15, 0.2) is 65.7 Å². The van der Waals surface area contributed by atoms with Gasteiger partial charge in [-0.05, 0) is 0 Å². The first-order valence-corrected chi connectivity index (χ1v) is 8.08. The standard InChI is InChI=1S/C17H11NSe/c1-2-6-12(7-3-1)15-10-16-17(18-11-19-16)14-9-5-4-8-13(14)15/h1-11H. The van der Waals surface area contributed by atoms with Crippen molar-refractivity contribution in [1.29, 1.82) is 0 Å². The van der Waals surface area contributed by atoms with Crippen molar-refractivity contribution in [2.24, 2.45) is 0 Å². The average Bonchev–Trinajstić information content (AvgIpc) is 2.96. The molecule has 0 atom stereocenters. The van der Waals surface area contributed by atoms with Gasteiger partial charge in [-0.15, -0.1) is 0 Å². The summed E-state index contributed by atoms with van der Waals surface area (Å²) in [5.41, 5.74) is 3.78. The minimum atomic E-state index is 0.378. The van der Waals surface area contributed by atoms with E-state index in [0.29, 0.717) is 14.5 Å². The Morgan fingerprint density at radius 1 is 0.789 bits per heavy atom. The molecule has 0 aliphatic carbocycles. The summed E-state index contributed by atoms with van der Waals surface area (Å²) in [6, 6.07) is 21.5. The number of benzene rings is 3. The van der Waals surface area contributed by atoms with Crippen LogP contribution in [-0.2, 0) is 0 Å². The van der Waals surface area contributed by atoms with E-state index in [4.69, 9.17) is 0 Å². The second-order valence-electron chi connectivity index (χ2n) is 4.53. The summed E-state index contributed by atoms with van der Waals surface area (Å²) in [4.78, 5) is 4.56. The van der Waals surface area contributed by atoms with E-state index in [2.05, 4.69) is 70.7 Å². The Morgan fingerprint density at radius 3 is 2.37 bits per heavy atom. The van der Waals surface area contributed by atoms with Crippen LogP contribution in [0.2, 0.25) is 0 Å². The topological polar surface area (TPSA) is 12.9 Å². The summed E-state index contributed by atoms with van der Waals surface area (Å²) < 4.78 is 1.39. The van der Waals surface area contributed by atoms with E-state index < -0.39 is 0 Å². The zero-order valence-electron chi connectivity index (χ0n) is 10.2. The molecule has 3 aromatic carbocycles. The zero-order chi connectivity index (χ0) is 12.7. The third-order valence-electron chi connectivity index (χ3n) is 3.43. The van der Waals surface area contributed by atoms with Crippen LogP contribution in [-0.4, -0.2) is 19.5 Å². The molecule has 1 nitrogen and oxygen atoms in total. The van der Waals surface area contributed by atoms with Gasteiger partial charge in [-0.2, -0.15) is 0 Å². The molecule has 0 saturated heterocycles. The van der Waals surface area contributed by atoms with E-state index in [0.717, 1.165) is 0 Å². The van der Waals surface area contributed by atoms with Gasteiger partial charge < -0.3 is 0 Å². The van der Waals surface area contributed by atoms with Crippen LogP contribution in [0, 0.1) is 0 Å². The zero-order valence-corrected chi connectivity index (χ0v) is 11.9. The molecule has 2 heteroatoms. The summed E-state index contributed by atoms with van der Waals surface area (Å²) in [6.45, 7) is 0. The van der Waals surface area contributed by atoms with Crippen molar-refractivity contribution in [1.82, 2.24) is 4.98 Å². The van der Waals surface area contributed by atoms with Crippen LogP contribution in [0.5, 0.6) is 0 Å². The predicted molar refractivity (Wildman–Crippen MR) is 81.6 cm³/mol. The molecule has 90 valence electrons. The van der Waals surface area contributed by atoms with Crippen LogP contribution < -0.4 is 0 Å². The van der Waals surface area contributed by atoms with E-state index in [1.807, 2.05) is 0 Å². The summed E-state index contributed by atoms with van der Waals surface area (Å²) in [5, 5.41) is 4.63. The summed E-state index contributed by atoms with van der Waals surface area (Å²) in [5.74, 6) is 0. The molecular weight excluding hydrogens is 297 g/mol. The molecule has 1 aromatic heterocycles. The van der Waals surface area contributed by atoms with Gasteiger partial charge in [-0.1, -0.05) is 0 Å². The molecule has 4 aromatic rings. The quantitative estimate of drug-likeness (QED) is 0.482. The molecule has 0 aliphatic rings. The van der Waals surface area contributed by atoms with Gasteiger partial charge in [-0.25, -0.2) is 0 Å². The minimum absolute atomic E-state index is 0.378. The molecule has 0 spiro atoms. The Hall–Kier alpha value is -1.89. The molecule has 19 heavy (non-hydrogen) atoms. The number of nitrogens with zero attached hydrogens (tertiary/aromatic N) is 1. The van der Waals surface area contributed by atoms with Crippen LogP contribution in [0.3, 0.4) is 0 Å². The number of hydrogen-bond acceptors (Lipinski definition) is 1. The summed E-state index contributed by atoms with van der Waals surface area (Å²) in [6.07, 6.45) is 0. The SMILES string of the molecule is c1ccc(-c2cc3[se]cnc3c3ccccc23)cc1. The van der Waals surface area contributed by atoms with Crippen molar-refractivity contribution in [2.75, 3.05) is 0 Å².